The fraction of sp³-hybridized carbons (Fsp3) is 0.0556. The number of nitrogens with zero attached hydrogens (tertiary/aromatic N) is 1. The molecule has 22 heavy (non-hydrogen) atoms. The molecule has 0 bridgehead atoms. The average Bonchev–Trinajstić information content (AvgIpc) is 2.80. The number of carboxylic acid groups (broad SMARTS) is 1. The highest BCUT2D eigenvalue weighted by Gasteiger charge is 2.24. The van der Waals surface area contributed by atoms with E-state index in [0.29, 0.717) is 15.7 Å². The third kappa shape index (κ3) is 2.35. The summed E-state index contributed by atoms with van der Waals surface area (Å²) in [6.07, 6.45) is 0. The summed E-state index contributed by atoms with van der Waals surface area (Å²) in [6.45, 7) is 1.83. The van der Waals surface area contributed by atoms with E-state index in [0.717, 1.165) is 16.9 Å². The molecule has 4 heteroatoms. The number of benzene rings is 2. The maximum absolute atomic E-state index is 11.6. The SMILES string of the molecule is Cc1c(C(=O)O)c(Br)c(-c2ccccc2)n1-c1ccccc1. The average molecular weight is 356 g/mol. The molecule has 0 unspecified atom stereocenters. The highest BCUT2D eigenvalue weighted by molar-refractivity contribution is 9.10. The van der Waals surface area contributed by atoms with Crippen LogP contribution in [0.4, 0.5) is 0 Å². The number of aromatic carboxylic acids is 1. The Morgan fingerprint density at radius 3 is 2.09 bits per heavy atom. The van der Waals surface area contributed by atoms with Crippen LogP contribution >= 0.6 is 15.9 Å². The molecule has 0 atom stereocenters. The van der Waals surface area contributed by atoms with Crippen LogP contribution in [0, 0.1) is 6.92 Å². The molecule has 0 fully saturated rings. The minimum Gasteiger partial charge on any atom is -0.478 e. The number of carboxylic acids is 1. The van der Waals surface area contributed by atoms with Crippen molar-refractivity contribution in [1.82, 2.24) is 4.57 Å². The molecule has 3 aromatic rings. The molecule has 0 aliphatic heterocycles. The van der Waals surface area contributed by atoms with E-state index in [9.17, 15) is 9.90 Å². The largest absolute Gasteiger partial charge is 0.478 e. The van der Waals surface area contributed by atoms with Crippen LogP contribution in [-0.4, -0.2) is 15.6 Å². The van der Waals surface area contributed by atoms with Crippen molar-refractivity contribution in [3.8, 4) is 16.9 Å². The number of carbonyl (C=O) groups is 1. The molecule has 0 aliphatic carbocycles. The highest BCUT2D eigenvalue weighted by atomic mass is 79.9. The number of halogens is 1. The zero-order valence-corrected chi connectivity index (χ0v) is 13.5. The zero-order valence-electron chi connectivity index (χ0n) is 12.0. The molecule has 1 aromatic heterocycles. The van der Waals surface area contributed by atoms with Gasteiger partial charge < -0.3 is 9.67 Å². The van der Waals surface area contributed by atoms with Gasteiger partial charge in [-0.3, -0.25) is 0 Å². The third-order valence-corrected chi connectivity index (χ3v) is 4.40. The summed E-state index contributed by atoms with van der Waals surface area (Å²) in [4.78, 5) is 11.6. The first kappa shape index (κ1) is 14.6. The van der Waals surface area contributed by atoms with Crippen LogP contribution in [0.1, 0.15) is 16.1 Å². The first-order chi connectivity index (χ1) is 10.6. The minimum atomic E-state index is -0.934. The van der Waals surface area contributed by atoms with Crippen LogP contribution in [0.3, 0.4) is 0 Å². The van der Waals surface area contributed by atoms with Crippen LogP contribution in [0.15, 0.2) is 65.1 Å². The maximum atomic E-state index is 11.6. The van der Waals surface area contributed by atoms with Crippen LogP contribution < -0.4 is 0 Å². The van der Waals surface area contributed by atoms with E-state index in [1.165, 1.54) is 0 Å². The zero-order chi connectivity index (χ0) is 15.7. The smallest absolute Gasteiger partial charge is 0.338 e. The van der Waals surface area contributed by atoms with Gasteiger partial charge in [0.1, 0.15) is 0 Å². The van der Waals surface area contributed by atoms with Gasteiger partial charge in [0.2, 0.25) is 0 Å². The van der Waals surface area contributed by atoms with E-state index in [1.54, 1.807) is 0 Å². The second kappa shape index (κ2) is 5.81. The Kier molecular flexibility index (Phi) is 3.86. The normalized spacial score (nSPS) is 10.6. The molecule has 3 nitrogen and oxygen atoms in total. The summed E-state index contributed by atoms with van der Waals surface area (Å²) < 4.78 is 2.58. The fourth-order valence-electron chi connectivity index (χ4n) is 2.66. The minimum absolute atomic E-state index is 0.294. The van der Waals surface area contributed by atoms with E-state index in [4.69, 9.17) is 0 Å². The lowest BCUT2D eigenvalue weighted by Crippen LogP contribution is -2.02. The molecule has 0 saturated heterocycles. The standard InChI is InChI=1S/C18H14BrNO2/c1-12-15(18(21)22)16(19)17(13-8-4-2-5-9-13)20(12)14-10-6-3-7-11-14/h2-11H,1H3,(H,21,22). The van der Waals surface area contributed by atoms with Crippen molar-refractivity contribution < 1.29 is 9.90 Å². The van der Waals surface area contributed by atoms with Crippen molar-refractivity contribution in [3.05, 3.63) is 76.4 Å². The van der Waals surface area contributed by atoms with Gasteiger partial charge in [-0.2, -0.15) is 0 Å². The Labute approximate surface area is 137 Å². The molecule has 1 N–H and O–H groups in total. The first-order valence-corrected chi connectivity index (χ1v) is 7.65. The summed E-state index contributed by atoms with van der Waals surface area (Å²) in [5, 5.41) is 9.53. The van der Waals surface area contributed by atoms with Crippen molar-refractivity contribution >= 4 is 21.9 Å². The predicted molar refractivity (Wildman–Crippen MR) is 90.6 cm³/mol. The number of aromatic nitrogens is 1. The third-order valence-electron chi connectivity index (χ3n) is 3.62. The quantitative estimate of drug-likeness (QED) is 0.724. The number of hydrogen-bond acceptors (Lipinski definition) is 1. The van der Waals surface area contributed by atoms with Gasteiger partial charge in [0.25, 0.3) is 0 Å². The van der Waals surface area contributed by atoms with Crippen molar-refractivity contribution in [1.29, 1.82) is 0 Å². The summed E-state index contributed by atoms with van der Waals surface area (Å²) in [5.41, 5.74) is 3.75. The molecular formula is C18H14BrNO2. The monoisotopic (exact) mass is 355 g/mol. The lowest BCUT2D eigenvalue weighted by atomic mass is 10.1. The highest BCUT2D eigenvalue weighted by Crippen LogP contribution is 2.38. The van der Waals surface area contributed by atoms with Gasteiger partial charge in [-0.15, -0.1) is 0 Å². The van der Waals surface area contributed by atoms with Crippen molar-refractivity contribution in [2.45, 2.75) is 6.92 Å². The molecular weight excluding hydrogens is 342 g/mol. The Balaban J connectivity index is 2.37. The lowest BCUT2D eigenvalue weighted by Gasteiger charge is -2.12. The molecule has 3 rings (SSSR count). The molecule has 0 amide bonds. The molecule has 0 radical (unpaired) electrons. The number of para-hydroxylation sites is 1. The first-order valence-electron chi connectivity index (χ1n) is 6.86. The van der Waals surface area contributed by atoms with Crippen LogP contribution in [0.2, 0.25) is 0 Å². The van der Waals surface area contributed by atoms with Crippen molar-refractivity contribution in [3.63, 3.8) is 0 Å². The van der Waals surface area contributed by atoms with Crippen LogP contribution in [0.5, 0.6) is 0 Å². The van der Waals surface area contributed by atoms with Crippen molar-refractivity contribution in [2.75, 3.05) is 0 Å². The molecule has 1 heterocycles. The van der Waals surface area contributed by atoms with Gasteiger partial charge in [0.05, 0.1) is 15.7 Å². The second-order valence-electron chi connectivity index (χ2n) is 4.97. The van der Waals surface area contributed by atoms with Crippen molar-refractivity contribution in [2.24, 2.45) is 0 Å². The van der Waals surface area contributed by atoms with E-state index < -0.39 is 5.97 Å². The Morgan fingerprint density at radius 1 is 1.00 bits per heavy atom. The molecule has 2 aromatic carbocycles. The van der Waals surface area contributed by atoms with E-state index in [-0.39, 0.29) is 0 Å². The molecule has 0 saturated carbocycles. The lowest BCUT2D eigenvalue weighted by molar-refractivity contribution is 0.0695. The second-order valence-corrected chi connectivity index (χ2v) is 5.76. The molecule has 0 aliphatic rings. The van der Waals surface area contributed by atoms with Gasteiger partial charge in [0.15, 0.2) is 0 Å². The summed E-state index contributed by atoms with van der Waals surface area (Å²) in [6, 6.07) is 19.6. The van der Waals surface area contributed by atoms with E-state index in [2.05, 4.69) is 15.9 Å². The topological polar surface area (TPSA) is 42.2 Å². The summed E-state index contributed by atoms with van der Waals surface area (Å²) in [7, 11) is 0. The van der Waals surface area contributed by atoms with Crippen LogP contribution in [0.25, 0.3) is 16.9 Å². The predicted octanol–water partition coefficient (Wildman–Crippen LogP) is 4.91. The van der Waals surface area contributed by atoms with Gasteiger partial charge in [-0.25, -0.2) is 4.79 Å². The molecule has 0 spiro atoms. The van der Waals surface area contributed by atoms with Crippen LogP contribution in [-0.2, 0) is 0 Å². The van der Waals surface area contributed by atoms with Gasteiger partial charge in [-0.1, -0.05) is 48.5 Å². The van der Waals surface area contributed by atoms with Gasteiger partial charge in [0, 0.05) is 11.4 Å². The van der Waals surface area contributed by atoms with Gasteiger partial charge >= 0.3 is 5.97 Å². The summed E-state index contributed by atoms with van der Waals surface area (Å²) >= 11 is 3.49. The molecule has 110 valence electrons. The van der Waals surface area contributed by atoms with E-state index >= 15 is 0 Å². The Hall–Kier alpha value is -2.33. The maximum Gasteiger partial charge on any atom is 0.338 e. The Bertz CT molecular complexity index is 760. The number of hydrogen-bond donors (Lipinski definition) is 1. The van der Waals surface area contributed by atoms with E-state index in [1.807, 2.05) is 72.2 Å². The summed E-state index contributed by atoms with van der Waals surface area (Å²) in [5.74, 6) is -0.934. The van der Waals surface area contributed by atoms with Gasteiger partial charge in [-0.05, 0) is 40.5 Å². The Morgan fingerprint density at radius 2 is 1.55 bits per heavy atom. The number of rotatable bonds is 3. The fourth-order valence-corrected chi connectivity index (χ4v) is 3.52.